The molecule has 0 atom stereocenters. The maximum atomic E-state index is 12.8. The summed E-state index contributed by atoms with van der Waals surface area (Å²) in [6.07, 6.45) is 3.31. The molecule has 0 bridgehead atoms. The first-order valence-corrected chi connectivity index (χ1v) is 7.30. The third-order valence-electron chi connectivity index (χ3n) is 3.21. The second-order valence-corrected chi connectivity index (χ2v) is 4.97. The van der Waals surface area contributed by atoms with Gasteiger partial charge in [-0.3, -0.25) is 9.78 Å². The van der Waals surface area contributed by atoms with Crippen molar-refractivity contribution >= 4 is 5.91 Å². The van der Waals surface area contributed by atoms with Crippen molar-refractivity contribution in [1.29, 1.82) is 0 Å². The Morgan fingerprint density at radius 1 is 1.17 bits per heavy atom. The van der Waals surface area contributed by atoms with Gasteiger partial charge >= 0.3 is 0 Å². The van der Waals surface area contributed by atoms with Crippen LogP contribution in [0.4, 0.5) is 4.39 Å². The Balaban J connectivity index is 1.52. The maximum absolute atomic E-state index is 12.8. The number of halogens is 1. The van der Waals surface area contributed by atoms with Crippen molar-refractivity contribution in [2.45, 2.75) is 13.3 Å². The molecule has 0 aliphatic carbocycles. The molecular weight excluding hydrogens is 311 g/mol. The minimum atomic E-state index is -0.326. The highest BCUT2D eigenvalue weighted by atomic mass is 19.1. The minimum absolute atomic E-state index is 0.124. The maximum Gasteiger partial charge on any atom is 0.272 e. The molecule has 0 spiro atoms. The summed E-state index contributed by atoms with van der Waals surface area (Å²) in [5.41, 5.74) is 1.05. The second kappa shape index (κ2) is 7.36. The quantitative estimate of drug-likeness (QED) is 0.755. The lowest BCUT2D eigenvalue weighted by molar-refractivity contribution is 0.0943. The molecule has 0 aliphatic rings. The van der Waals surface area contributed by atoms with Crippen molar-refractivity contribution in [2.75, 3.05) is 0 Å². The summed E-state index contributed by atoms with van der Waals surface area (Å²) in [5.74, 6) is -0.0949. The number of pyridine rings is 1. The summed E-state index contributed by atoms with van der Waals surface area (Å²) in [7, 11) is 0. The fourth-order valence-electron chi connectivity index (χ4n) is 1.99. The van der Waals surface area contributed by atoms with Gasteiger partial charge in [0.1, 0.15) is 17.3 Å². The molecule has 1 amide bonds. The minimum Gasteiger partial charge on any atom is -0.471 e. The average molecular weight is 326 g/mol. The zero-order valence-electron chi connectivity index (χ0n) is 12.7. The molecule has 1 aromatic carbocycles. The van der Waals surface area contributed by atoms with Crippen LogP contribution < -0.4 is 10.1 Å². The summed E-state index contributed by atoms with van der Waals surface area (Å²) in [6, 6.07) is 12.8. The van der Waals surface area contributed by atoms with E-state index in [-0.39, 0.29) is 24.1 Å². The molecular formula is C17H15FN4O2. The fraction of sp³-hybridized carbons (Fsp3) is 0.118. The van der Waals surface area contributed by atoms with Crippen LogP contribution >= 0.6 is 0 Å². The van der Waals surface area contributed by atoms with Gasteiger partial charge in [-0.05, 0) is 42.5 Å². The number of hydrogen-bond donors (Lipinski definition) is 1. The first kappa shape index (κ1) is 15.7. The number of ether oxygens (including phenoxy) is 1. The third-order valence-corrected chi connectivity index (χ3v) is 3.21. The summed E-state index contributed by atoms with van der Waals surface area (Å²) in [6.45, 7) is 0.456. The second-order valence-electron chi connectivity index (χ2n) is 4.97. The number of nitrogens with one attached hydrogen (secondary N) is 1. The number of benzene rings is 1. The molecule has 0 aliphatic heterocycles. The van der Waals surface area contributed by atoms with E-state index in [2.05, 4.69) is 15.4 Å². The number of amides is 1. The van der Waals surface area contributed by atoms with Gasteiger partial charge in [-0.15, -0.1) is 0 Å². The van der Waals surface area contributed by atoms with E-state index in [0.29, 0.717) is 12.3 Å². The Kier molecular flexibility index (Phi) is 4.81. The van der Waals surface area contributed by atoms with E-state index < -0.39 is 0 Å². The van der Waals surface area contributed by atoms with Crippen LogP contribution in [0.2, 0.25) is 0 Å². The van der Waals surface area contributed by atoms with Crippen molar-refractivity contribution in [3.63, 3.8) is 0 Å². The topological polar surface area (TPSA) is 69.0 Å². The summed E-state index contributed by atoms with van der Waals surface area (Å²) in [5, 5.41) is 6.89. The largest absolute Gasteiger partial charge is 0.471 e. The van der Waals surface area contributed by atoms with Crippen LogP contribution in [0.5, 0.6) is 5.75 Å². The van der Waals surface area contributed by atoms with E-state index >= 15 is 0 Å². The molecule has 3 aromatic rings. The molecule has 6 nitrogen and oxygen atoms in total. The molecule has 24 heavy (non-hydrogen) atoms. The van der Waals surface area contributed by atoms with E-state index in [9.17, 15) is 9.18 Å². The lowest BCUT2D eigenvalue weighted by Gasteiger charge is -2.06. The molecule has 7 heteroatoms. The SMILES string of the molecule is O=C(NCc1ccccn1)c1ccn(COc2ccc(F)cc2)n1. The lowest BCUT2D eigenvalue weighted by Crippen LogP contribution is -2.24. The highest BCUT2D eigenvalue weighted by molar-refractivity contribution is 5.92. The summed E-state index contributed by atoms with van der Waals surface area (Å²) in [4.78, 5) is 16.2. The van der Waals surface area contributed by atoms with Gasteiger partial charge in [0.05, 0.1) is 12.2 Å². The smallest absolute Gasteiger partial charge is 0.272 e. The first-order chi connectivity index (χ1) is 11.7. The molecule has 0 fully saturated rings. The number of aromatic nitrogens is 3. The fourth-order valence-corrected chi connectivity index (χ4v) is 1.99. The predicted molar refractivity (Wildman–Crippen MR) is 84.7 cm³/mol. The van der Waals surface area contributed by atoms with Crippen LogP contribution in [-0.2, 0) is 13.3 Å². The Bertz CT molecular complexity index is 803. The van der Waals surface area contributed by atoms with Crippen LogP contribution in [0.25, 0.3) is 0 Å². The molecule has 1 N–H and O–H groups in total. The average Bonchev–Trinajstić information content (AvgIpc) is 3.09. The Labute approximate surface area is 137 Å². The van der Waals surface area contributed by atoms with Gasteiger partial charge in [0, 0.05) is 12.4 Å². The van der Waals surface area contributed by atoms with E-state index in [1.165, 1.54) is 28.9 Å². The Morgan fingerprint density at radius 2 is 2.00 bits per heavy atom. The van der Waals surface area contributed by atoms with E-state index in [1.54, 1.807) is 18.5 Å². The molecule has 0 unspecified atom stereocenters. The van der Waals surface area contributed by atoms with Crippen molar-refractivity contribution in [2.24, 2.45) is 0 Å². The van der Waals surface area contributed by atoms with Crippen molar-refractivity contribution in [1.82, 2.24) is 20.1 Å². The van der Waals surface area contributed by atoms with E-state index in [0.717, 1.165) is 5.69 Å². The zero-order valence-corrected chi connectivity index (χ0v) is 12.7. The predicted octanol–water partition coefficient (Wildman–Crippen LogP) is 2.38. The molecule has 2 aromatic heterocycles. The zero-order chi connectivity index (χ0) is 16.8. The monoisotopic (exact) mass is 326 g/mol. The standard InChI is InChI=1S/C17H15FN4O2/c18-13-4-6-15(7-5-13)24-12-22-10-8-16(21-22)17(23)20-11-14-3-1-2-9-19-14/h1-10H,11-12H2,(H,20,23). The number of carbonyl (C=O) groups is 1. The van der Waals surface area contributed by atoms with Gasteiger partial charge in [0.25, 0.3) is 5.91 Å². The van der Waals surface area contributed by atoms with Crippen molar-refractivity contribution < 1.29 is 13.9 Å². The van der Waals surface area contributed by atoms with Gasteiger partial charge in [-0.2, -0.15) is 5.10 Å². The van der Waals surface area contributed by atoms with Gasteiger partial charge < -0.3 is 10.1 Å². The van der Waals surface area contributed by atoms with Gasteiger partial charge in [-0.1, -0.05) is 6.07 Å². The highest BCUT2D eigenvalue weighted by Gasteiger charge is 2.09. The molecule has 3 rings (SSSR count). The van der Waals surface area contributed by atoms with Crippen LogP contribution in [0.15, 0.2) is 60.9 Å². The van der Waals surface area contributed by atoms with Gasteiger partial charge in [0.2, 0.25) is 0 Å². The Morgan fingerprint density at radius 3 is 2.75 bits per heavy atom. The molecule has 0 radical (unpaired) electrons. The normalized spacial score (nSPS) is 10.4. The molecule has 122 valence electrons. The highest BCUT2D eigenvalue weighted by Crippen LogP contribution is 2.11. The van der Waals surface area contributed by atoms with Crippen molar-refractivity contribution in [3.05, 3.63) is 78.1 Å². The number of hydrogen-bond acceptors (Lipinski definition) is 4. The molecule has 0 saturated carbocycles. The lowest BCUT2D eigenvalue weighted by atomic mass is 10.3. The van der Waals surface area contributed by atoms with Crippen LogP contribution in [0.3, 0.4) is 0 Å². The third kappa shape index (κ3) is 4.16. The molecule has 0 saturated heterocycles. The van der Waals surface area contributed by atoms with Crippen LogP contribution in [0, 0.1) is 5.82 Å². The van der Waals surface area contributed by atoms with Crippen LogP contribution in [-0.4, -0.2) is 20.7 Å². The van der Waals surface area contributed by atoms with E-state index in [4.69, 9.17) is 4.74 Å². The van der Waals surface area contributed by atoms with E-state index in [1.807, 2.05) is 18.2 Å². The summed E-state index contributed by atoms with van der Waals surface area (Å²) < 4.78 is 19.8. The number of rotatable bonds is 6. The van der Waals surface area contributed by atoms with Crippen LogP contribution in [0.1, 0.15) is 16.2 Å². The Hall–Kier alpha value is -3.22. The number of carbonyl (C=O) groups excluding carboxylic acids is 1. The van der Waals surface area contributed by atoms with Gasteiger partial charge in [0.15, 0.2) is 6.73 Å². The van der Waals surface area contributed by atoms with Gasteiger partial charge in [-0.25, -0.2) is 9.07 Å². The molecule has 2 heterocycles. The number of nitrogens with zero attached hydrogens (tertiary/aromatic N) is 3. The summed E-state index contributed by atoms with van der Waals surface area (Å²) >= 11 is 0. The first-order valence-electron chi connectivity index (χ1n) is 7.30. The van der Waals surface area contributed by atoms with Crippen molar-refractivity contribution in [3.8, 4) is 5.75 Å².